The molecule has 5 N–H and O–H groups in total. The van der Waals surface area contributed by atoms with Gasteiger partial charge in [0.2, 0.25) is 0 Å². The summed E-state index contributed by atoms with van der Waals surface area (Å²) in [5.74, 6) is -1.93. The molecule has 1 aromatic carbocycles. The molecule has 1 fully saturated rings. The molecule has 0 bridgehead atoms. The smallest absolute Gasteiger partial charge is 0.305 e. The number of hydrogen-bond donors (Lipinski definition) is 5. The van der Waals surface area contributed by atoms with Crippen molar-refractivity contribution in [2.75, 3.05) is 5.32 Å². The van der Waals surface area contributed by atoms with Crippen LogP contribution < -0.4 is 10.6 Å². The van der Waals surface area contributed by atoms with Gasteiger partial charge < -0.3 is 26.3 Å². The summed E-state index contributed by atoms with van der Waals surface area (Å²) in [6.45, 7) is 0. The monoisotopic (exact) mass is 394 g/mol. The van der Waals surface area contributed by atoms with Crippen molar-refractivity contribution in [2.45, 2.75) is 31.2 Å². The lowest BCUT2D eigenvalue weighted by Crippen LogP contribution is -2.54. The number of benzene rings is 1. The number of carbonyl (C=O) groups is 2. The average molecular weight is 394 g/mol. The predicted molar refractivity (Wildman–Crippen MR) is 109 cm³/mol. The van der Waals surface area contributed by atoms with Crippen LogP contribution in [0.5, 0.6) is 5.75 Å². The van der Waals surface area contributed by atoms with Crippen LogP contribution in [0.1, 0.15) is 41.7 Å². The summed E-state index contributed by atoms with van der Waals surface area (Å²) in [5.41, 5.74) is 0.802. The molecule has 0 spiro atoms. The van der Waals surface area contributed by atoms with E-state index in [2.05, 4.69) is 15.6 Å². The van der Waals surface area contributed by atoms with Gasteiger partial charge in [0.15, 0.2) is 5.69 Å². The number of hydrogen-bond acceptors (Lipinski definition) is 6. The number of carbonyl (C=O) groups excluding carboxylic acids is 1. The first-order valence-corrected chi connectivity index (χ1v) is 9.18. The van der Waals surface area contributed by atoms with Crippen LogP contribution in [0.25, 0.3) is 5.57 Å². The molecule has 2 aromatic rings. The van der Waals surface area contributed by atoms with E-state index in [1.807, 2.05) is 30.3 Å². The van der Waals surface area contributed by atoms with E-state index in [-0.39, 0.29) is 17.9 Å². The van der Waals surface area contributed by atoms with Crippen molar-refractivity contribution in [3.05, 3.63) is 60.1 Å². The first kappa shape index (κ1) is 20.1. The third kappa shape index (κ3) is 4.78. The molecule has 29 heavy (non-hydrogen) atoms. The van der Waals surface area contributed by atoms with Crippen LogP contribution in [-0.4, -0.2) is 38.8 Å². The number of aromatic hydroxyl groups is 1. The van der Waals surface area contributed by atoms with E-state index in [0.29, 0.717) is 24.0 Å². The number of nitrogens with one attached hydrogen (secondary N) is 3. The summed E-state index contributed by atoms with van der Waals surface area (Å²) < 4.78 is 0. The molecule has 0 radical (unpaired) electrons. The van der Waals surface area contributed by atoms with Crippen molar-refractivity contribution < 1.29 is 19.8 Å². The molecule has 1 amide bonds. The lowest BCUT2D eigenvalue weighted by Gasteiger charge is -2.41. The second kappa shape index (κ2) is 8.55. The number of aromatic nitrogens is 1. The number of rotatable bonds is 8. The second-order valence-electron chi connectivity index (χ2n) is 7.00. The van der Waals surface area contributed by atoms with Crippen LogP contribution in [0, 0.1) is 5.41 Å². The Labute approximate surface area is 167 Å². The van der Waals surface area contributed by atoms with E-state index in [4.69, 9.17) is 10.5 Å². The molecule has 1 heterocycles. The maximum absolute atomic E-state index is 12.5. The number of carboxylic acid groups (broad SMARTS) is 1. The standard InChI is InChI=1S/C21H22N4O4/c22-11-15(13-23-16-5-2-1-3-6-16)14-9-17(26)19(24-12-14)20(29)25-21(7-4-8-21)10-18(27)28/h1-3,5-6,9,11-13,22-23,26H,4,7-8,10H2,(H,25,29)(H,27,28)/b15-13+,22-11?. The van der Waals surface area contributed by atoms with Gasteiger partial charge in [-0.2, -0.15) is 0 Å². The predicted octanol–water partition coefficient (Wildman–Crippen LogP) is 3.02. The minimum Gasteiger partial charge on any atom is -0.505 e. The second-order valence-corrected chi connectivity index (χ2v) is 7.00. The Morgan fingerprint density at radius 1 is 1.24 bits per heavy atom. The van der Waals surface area contributed by atoms with Crippen molar-refractivity contribution in [3.8, 4) is 5.75 Å². The van der Waals surface area contributed by atoms with Crippen LogP contribution in [0.3, 0.4) is 0 Å². The van der Waals surface area contributed by atoms with Gasteiger partial charge in [0.05, 0.1) is 12.0 Å². The van der Waals surface area contributed by atoms with Crippen molar-refractivity contribution in [1.82, 2.24) is 10.3 Å². The van der Waals surface area contributed by atoms with Crippen LogP contribution in [-0.2, 0) is 4.79 Å². The number of anilines is 1. The molecule has 3 rings (SSSR count). The summed E-state index contributed by atoms with van der Waals surface area (Å²) in [5, 5.41) is 32.7. The molecule has 0 unspecified atom stereocenters. The highest BCUT2D eigenvalue weighted by Gasteiger charge is 2.41. The molecule has 1 aliphatic carbocycles. The fourth-order valence-electron chi connectivity index (χ4n) is 3.23. The van der Waals surface area contributed by atoms with Gasteiger partial charge in [0, 0.05) is 35.4 Å². The van der Waals surface area contributed by atoms with Crippen LogP contribution in [0.4, 0.5) is 5.69 Å². The van der Waals surface area contributed by atoms with Gasteiger partial charge in [-0.25, -0.2) is 4.98 Å². The van der Waals surface area contributed by atoms with Gasteiger partial charge in [-0.15, -0.1) is 0 Å². The largest absolute Gasteiger partial charge is 0.505 e. The molecule has 1 aromatic heterocycles. The van der Waals surface area contributed by atoms with E-state index < -0.39 is 17.4 Å². The maximum Gasteiger partial charge on any atom is 0.305 e. The molecule has 0 saturated heterocycles. The number of allylic oxidation sites excluding steroid dienone is 1. The molecular formula is C21H22N4O4. The van der Waals surface area contributed by atoms with E-state index in [1.54, 1.807) is 6.20 Å². The fourth-order valence-corrected chi connectivity index (χ4v) is 3.23. The number of nitrogens with zero attached hydrogens (tertiary/aromatic N) is 1. The summed E-state index contributed by atoms with van der Waals surface area (Å²) in [6.07, 6.45) is 5.95. The van der Waals surface area contributed by atoms with E-state index >= 15 is 0 Å². The molecule has 0 atom stereocenters. The van der Waals surface area contributed by atoms with Crippen molar-refractivity contribution in [1.29, 1.82) is 5.41 Å². The minimum atomic E-state index is -0.982. The minimum absolute atomic E-state index is 0.163. The number of aliphatic carboxylic acids is 1. The van der Waals surface area contributed by atoms with Gasteiger partial charge in [-0.05, 0) is 37.5 Å². The van der Waals surface area contributed by atoms with Crippen LogP contribution in [0.15, 0.2) is 48.8 Å². The maximum atomic E-state index is 12.5. The molecular weight excluding hydrogens is 372 g/mol. The Morgan fingerprint density at radius 3 is 2.52 bits per heavy atom. The SMILES string of the molecule is N=C/C(=C\Nc1ccccc1)c1cnc(C(=O)NC2(CC(=O)O)CCC2)c(O)c1. The summed E-state index contributed by atoms with van der Waals surface area (Å²) in [6, 6.07) is 10.7. The number of pyridine rings is 1. The zero-order valence-electron chi connectivity index (χ0n) is 15.7. The van der Waals surface area contributed by atoms with Gasteiger partial charge in [-0.1, -0.05) is 18.2 Å². The Bertz CT molecular complexity index is 952. The van der Waals surface area contributed by atoms with Crippen LogP contribution in [0.2, 0.25) is 0 Å². The highest BCUT2D eigenvalue weighted by Crippen LogP contribution is 2.35. The molecule has 1 aliphatic rings. The van der Waals surface area contributed by atoms with Gasteiger partial charge in [-0.3, -0.25) is 9.59 Å². The van der Waals surface area contributed by atoms with Crippen molar-refractivity contribution in [3.63, 3.8) is 0 Å². The fraction of sp³-hybridized carbons (Fsp3) is 0.238. The summed E-state index contributed by atoms with van der Waals surface area (Å²) >= 11 is 0. The van der Waals surface area contributed by atoms with E-state index in [1.165, 1.54) is 12.3 Å². The van der Waals surface area contributed by atoms with Crippen molar-refractivity contribution in [2.24, 2.45) is 0 Å². The third-order valence-corrected chi connectivity index (χ3v) is 4.92. The van der Waals surface area contributed by atoms with Gasteiger partial charge in [0.25, 0.3) is 5.91 Å². The molecule has 1 saturated carbocycles. The first-order chi connectivity index (χ1) is 13.9. The van der Waals surface area contributed by atoms with Crippen molar-refractivity contribution >= 4 is 29.4 Å². The summed E-state index contributed by atoms with van der Waals surface area (Å²) in [7, 11) is 0. The Balaban J connectivity index is 1.75. The number of para-hydroxylation sites is 1. The number of carboxylic acids is 1. The highest BCUT2D eigenvalue weighted by molar-refractivity contribution is 6.09. The topological polar surface area (TPSA) is 135 Å². The zero-order valence-corrected chi connectivity index (χ0v) is 15.7. The summed E-state index contributed by atoms with van der Waals surface area (Å²) in [4.78, 5) is 27.6. The zero-order chi connectivity index (χ0) is 20.9. The third-order valence-electron chi connectivity index (χ3n) is 4.92. The lowest BCUT2D eigenvalue weighted by atomic mass is 9.74. The lowest BCUT2D eigenvalue weighted by molar-refractivity contribution is -0.139. The van der Waals surface area contributed by atoms with Gasteiger partial charge >= 0.3 is 5.97 Å². The molecule has 150 valence electrons. The Kier molecular flexibility index (Phi) is 5.92. The number of amides is 1. The average Bonchev–Trinajstić information content (AvgIpc) is 2.67. The molecule has 0 aliphatic heterocycles. The quantitative estimate of drug-likeness (QED) is 0.437. The molecule has 8 nitrogen and oxygen atoms in total. The normalized spacial score (nSPS) is 15.1. The van der Waals surface area contributed by atoms with Gasteiger partial charge in [0.1, 0.15) is 5.75 Å². The Morgan fingerprint density at radius 2 is 1.97 bits per heavy atom. The highest BCUT2D eigenvalue weighted by atomic mass is 16.4. The van der Waals surface area contributed by atoms with E-state index in [9.17, 15) is 14.7 Å². The van der Waals surface area contributed by atoms with Crippen LogP contribution >= 0.6 is 0 Å². The Hall–Kier alpha value is -3.68. The van der Waals surface area contributed by atoms with E-state index in [0.717, 1.165) is 18.3 Å². The first-order valence-electron chi connectivity index (χ1n) is 9.18. The molecule has 8 heteroatoms.